The van der Waals surface area contributed by atoms with Crippen LogP contribution in [0.1, 0.15) is 32.0 Å². The van der Waals surface area contributed by atoms with Crippen LogP contribution in [0.4, 0.5) is 0 Å². The highest BCUT2D eigenvalue weighted by atomic mass is 15.1. The molecule has 1 aliphatic rings. The van der Waals surface area contributed by atoms with Crippen molar-refractivity contribution in [3.05, 3.63) is 18.2 Å². The maximum absolute atomic E-state index is 8.79. The first-order valence-corrected chi connectivity index (χ1v) is 5.87. The molecular formula is C12H18N4. The zero-order chi connectivity index (χ0) is 11.4. The zero-order valence-electron chi connectivity index (χ0n) is 9.74. The van der Waals surface area contributed by atoms with Crippen LogP contribution in [-0.4, -0.2) is 16.1 Å². The van der Waals surface area contributed by atoms with Crippen LogP contribution >= 0.6 is 0 Å². The molecule has 1 heterocycles. The fourth-order valence-corrected chi connectivity index (χ4v) is 1.98. The summed E-state index contributed by atoms with van der Waals surface area (Å²) in [6.45, 7) is 4.80. The molecule has 0 aromatic carbocycles. The normalized spacial score (nSPS) is 17.0. The molecule has 0 saturated heterocycles. The van der Waals surface area contributed by atoms with Gasteiger partial charge >= 0.3 is 0 Å². The van der Waals surface area contributed by atoms with E-state index in [4.69, 9.17) is 5.26 Å². The SMILES string of the molecule is CCNCc1nccn1CC1(CC#N)CC1. The lowest BCUT2D eigenvalue weighted by molar-refractivity contribution is 0.418. The number of hydrogen-bond acceptors (Lipinski definition) is 3. The van der Waals surface area contributed by atoms with Crippen LogP contribution in [0, 0.1) is 16.7 Å². The van der Waals surface area contributed by atoms with Crippen molar-refractivity contribution in [3.8, 4) is 6.07 Å². The average molecular weight is 218 g/mol. The summed E-state index contributed by atoms with van der Waals surface area (Å²) in [6, 6.07) is 2.30. The number of nitrogens with one attached hydrogen (secondary N) is 1. The maximum atomic E-state index is 8.79. The topological polar surface area (TPSA) is 53.6 Å². The zero-order valence-corrected chi connectivity index (χ0v) is 9.74. The van der Waals surface area contributed by atoms with E-state index < -0.39 is 0 Å². The predicted octanol–water partition coefficient (Wildman–Crippen LogP) is 1.69. The minimum absolute atomic E-state index is 0.246. The molecule has 0 bridgehead atoms. The summed E-state index contributed by atoms with van der Waals surface area (Å²) >= 11 is 0. The third-order valence-corrected chi connectivity index (χ3v) is 3.25. The van der Waals surface area contributed by atoms with Crippen LogP contribution in [0.15, 0.2) is 12.4 Å². The van der Waals surface area contributed by atoms with Gasteiger partial charge in [-0.05, 0) is 19.4 Å². The van der Waals surface area contributed by atoms with Crippen molar-refractivity contribution < 1.29 is 0 Å². The molecule has 86 valence electrons. The Hall–Kier alpha value is -1.34. The van der Waals surface area contributed by atoms with E-state index in [1.807, 2.05) is 12.4 Å². The second kappa shape index (κ2) is 4.67. The third-order valence-electron chi connectivity index (χ3n) is 3.25. The summed E-state index contributed by atoms with van der Waals surface area (Å²) in [5, 5.41) is 12.1. The highest BCUT2D eigenvalue weighted by Crippen LogP contribution is 2.50. The van der Waals surface area contributed by atoms with Gasteiger partial charge in [-0.3, -0.25) is 0 Å². The Balaban J connectivity index is 1.99. The van der Waals surface area contributed by atoms with Crippen LogP contribution in [0.3, 0.4) is 0 Å². The van der Waals surface area contributed by atoms with Gasteiger partial charge in [0.2, 0.25) is 0 Å². The van der Waals surface area contributed by atoms with E-state index in [-0.39, 0.29) is 5.41 Å². The number of nitrogens with zero attached hydrogens (tertiary/aromatic N) is 3. The lowest BCUT2D eigenvalue weighted by Crippen LogP contribution is -2.19. The fraction of sp³-hybridized carbons (Fsp3) is 0.667. The van der Waals surface area contributed by atoms with Crippen LogP contribution < -0.4 is 5.32 Å². The van der Waals surface area contributed by atoms with Gasteiger partial charge in [-0.2, -0.15) is 5.26 Å². The lowest BCUT2D eigenvalue weighted by atomic mass is 10.0. The first-order valence-electron chi connectivity index (χ1n) is 5.87. The molecule has 0 amide bonds. The summed E-state index contributed by atoms with van der Waals surface area (Å²) in [5.41, 5.74) is 0.246. The molecule has 0 unspecified atom stereocenters. The summed E-state index contributed by atoms with van der Waals surface area (Å²) in [4.78, 5) is 4.34. The van der Waals surface area contributed by atoms with Crippen molar-refractivity contribution in [3.63, 3.8) is 0 Å². The molecule has 1 aromatic rings. The summed E-state index contributed by atoms with van der Waals surface area (Å²) in [6.07, 6.45) is 6.89. The first-order chi connectivity index (χ1) is 7.79. The number of imidazole rings is 1. The quantitative estimate of drug-likeness (QED) is 0.790. The fourth-order valence-electron chi connectivity index (χ4n) is 1.98. The Bertz CT molecular complexity index is 384. The van der Waals surface area contributed by atoms with E-state index in [1.165, 1.54) is 12.8 Å². The van der Waals surface area contributed by atoms with Crippen LogP contribution in [0.5, 0.6) is 0 Å². The van der Waals surface area contributed by atoms with Gasteiger partial charge in [0.1, 0.15) is 5.82 Å². The highest BCUT2D eigenvalue weighted by Gasteiger charge is 2.42. The molecular weight excluding hydrogens is 200 g/mol. The molecule has 1 fully saturated rings. The van der Waals surface area contributed by atoms with Gasteiger partial charge in [-0.1, -0.05) is 6.92 Å². The molecule has 0 aliphatic heterocycles. The molecule has 1 saturated carbocycles. The van der Waals surface area contributed by atoms with Crippen molar-refractivity contribution in [2.24, 2.45) is 5.41 Å². The molecule has 16 heavy (non-hydrogen) atoms. The number of hydrogen-bond donors (Lipinski definition) is 1. The van der Waals surface area contributed by atoms with Gasteiger partial charge in [0, 0.05) is 30.8 Å². The third kappa shape index (κ3) is 2.42. The van der Waals surface area contributed by atoms with Crippen LogP contribution in [0.25, 0.3) is 0 Å². The van der Waals surface area contributed by atoms with E-state index >= 15 is 0 Å². The van der Waals surface area contributed by atoms with Crippen molar-refractivity contribution in [1.82, 2.24) is 14.9 Å². The Morgan fingerprint density at radius 2 is 2.44 bits per heavy atom. The smallest absolute Gasteiger partial charge is 0.122 e. The predicted molar refractivity (Wildman–Crippen MR) is 61.5 cm³/mol. The average Bonchev–Trinajstić information content (AvgIpc) is 2.89. The summed E-state index contributed by atoms with van der Waals surface area (Å²) in [7, 11) is 0. The van der Waals surface area contributed by atoms with Crippen LogP contribution in [0.2, 0.25) is 0 Å². The molecule has 0 atom stereocenters. The Kier molecular flexibility index (Phi) is 3.25. The van der Waals surface area contributed by atoms with Gasteiger partial charge in [0.25, 0.3) is 0 Å². The van der Waals surface area contributed by atoms with E-state index in [0.29, 0.717) is 6.42 Å². The Labute approximate surface area is 96.3 Å². The Morgan fingerprint density at radius 3 is 3.06 bits per heavy atom. The standard InChI is InChI=1S/C12H18N4/c1-2-14-9-11-15-7-8-16(11)10-12(3-4-12)5-6-13/h7-8,14H,2-5,9-10H2,1H3. The highest BCUT2D eigenvalue weighted by molar-refractivity contribution is 5.02. The maximum Gasteiger partial charge on any atom is 0.122 e. The largest absolute Gasteiger partial charge is 0.333 e. The molecule has 1 aliphatic carbocycles. The van der Waals surface area contributed by atoms with E-state index in [0.717, 1.165) is 25.5 Å². The van der Waals surface area contributed by atoms with Gasteiger partial charge in [-0.25, -0.2) is 4.98 Å². The van der Waals surface area contributed by atoms with E-state index in [9.17, 15) is 0 Å². The second-order valence-corrected chi connectivity index (χ2v) is 4.59. The summed E-state index contributed by atoms with van der Waals surface area (Å²) < 4.78 is 2.19. The number of rotatable bonds is 6. The molecule has 2 rings (SSSR count). The van der Waals surface area contributed by atoms with Crippen molar-refractivity contribution >= 4 is 0 Å². The van der Waals surface area contributed by atoms with E-state index in [2.05, 4.69) is 27.9 Å². The van der Waals surface area contributed by atoms with Gasteiger partial charge < -0.3 is 9.88 Å². The van der Waals surface area contributed by atoms with Crippen molar-refractivity contribution in [1.29, 1.82) is 5.26 Å². The Morgan fingerprint density at radius 1 is 1.62 bits per heavy atom. The molecule has 1 aromatic heterocycles. The molecule has 0 radical (unpaired) electrons. The molecule has 4 heteroatoms. The molecule has 0 spiro atoms. The van der Waals surface area contributed by atoms with Gasteiger partial charge in [-0.15, -0.1) is 0 Å². The summed E-state index contributed by atoms with van der Waals surface area (Å²) in [5.74, 6) is 1.08. The minimum Gasteiger partial charge on any atom is -0.333 e. The molecule has 4 nitrogen and oxygen atoms in total. The van der Waals surface area contributed by atoms with Gasteiger partial charge in [0.05, 0.1) is 12.6 Å². The lowest BCUT2D eigenvalue weighted by Gasteiger charge is -2.14. The number of aromatic nitrogens is 2. The molecule has 1 N–H and O–H groups in total. The van der Waals surface area contributed by atoms with Gasteiger partial charge in [0.15, 0.2) is 0 Å². The first kappa shape index (κ1) is 11.2. The van der Waals surface area contributed by atoms with E-state index in [1.54, 1.807) is 0 Å². The van der Waals surface area contributed by atoms with Crippen molar-refractivity contribution in [2.45, 2.75) is 39.3 Å². The monoisotopic (exact) mass is 218 g/mol. The van der Waals surface area contributed by atoms with Crippen LogP contribution in [-0.2, 0) is 13.1 Å². The second-order valence-electron chi connectivity index (χ2n) is 4.59. The van der Waals surface area contributed by atoms with Crippen molar-refractivity contribution in [2.75, 3.05) is 6.54 Å². The minimum atomic E-state index is 0.246. The number of nitriles is 1.